The van der Waals surface area contributed by atoms with E-state index in [-0.39, 0.29) is 17.2 Å². The Hall–Kier alpha value is -2.07. The minimum Gasteiger partial charge on any atom is -0.489 e. The van der Waals surface area contributed by atoms with Gasteiger partial charge in [0.2, 0.25) is 0 Å². The van der Waals surface area contributed by atoms with Crippen LogP contribution in [-0.4, -0.2) is 11.1 Å². The summed E-state index contributed by atoms with van der Waals surface area (Å²) in [6, 6.07) is 10.5. The van der Waals surface area contributed by atoms with Gasteiger partial charge in [0.1, 0.15) is 18.2 Å². The van der Waals surface area contributed by atoms with Crippen molar-refractivity contribution in [2.45, 2.75) is 6.61 Å². The molecule has 0 bridgehead atoms. The molecule has 19 heavy (non-hydrogen) atoms. The maximum absolute atomic E-state index is 13.0. The van der Waals surface area contributed by atoms with Gasteiger partial charge in [-0.3, -0.25) is 0 Å². The Bertz CT molecular complexity index is 613. The quantitative estimate of drug-likeness (QED) is 0.927. The molecule has 0 amide bonds. The Labute approximate surface area is 114 Å². The van der Waals surface area contributed by atoms with Gasteiger partial charge in [0, 0.05) is 11.6 Å². The molecular weight excluding hydrogens is 271 g/mol. The van der Waals surface area contributed by atoms with Gasteiger partial charge in [0.25, 0.3) is 0 Å². The lowest BCUT2D eigenvalue weighted by Crippen LogP contribution is -2.05. The Balaban J connectivity index is 2.14. The summed E-state index contributed by atoms with van der Waals surface area (Å²) in [7, 11) is 0. The van der Waals surface area contributed by atoms with Crippen LogP contribution in [0.15, 0.2) is 42.5 Å². The highest BCUT2D eigenvalue weighted by atomic mass is 35.5. The maximum atomic E-state index is 13.0. The van der Waals surface area contributed by atoms with Crippen molar-refractivity contribution in [3.05, 3.63) is 64.4 Å². The van der Waals surface area contributed by atoms with Crippen molar-refractivity contribution in [2.75, 3.05) is 0 Å². The molecule has 3 nitrogen and oxygen atoms in total. The highest BCUT2D eigenvalue weighted by molar-refractivity contribution is 6.30. The van der Waals surface area contributed by atoms with Crippen LogP contribution in [0, 0.1) is 5.82 Å². The number of halogens is 2. The minimum atomic E-state index is -1.02. The molecule has 0 unspecified atom stereocenters. The average Bonchev–Trinajstić information content (AvgIpc) is 2.40. The summed E-state index contributed by atoms with van der Waals surface area (Å²) in [6.45, 7) is 0.0738. The van der Waals surface area contributed by atoms with E-state index in [4.69, 9.17) is 21.4 Å². The van der Waals surface area contributed by atoms with Gasteiger partial charge in [-0.25, -0.2) is 9.18 Å². The Morgan fingerprint density at radius 1 is 1.26 bits per heavy atom. The molecule has 2 rings (SSSR count). The fraction of sp³-hybridized carbons (Fsp3) is 0.0714. The van der Waals surface area contributed by atoms with Crippen molar-refractivity contribution in [3.8, 4) is 5.75 Å². The smallest absolute Gasteiger partial charge is 0.336 e. The Morgan fingerprint density at radius 2 is 2.00 bits per heavy atom. The summed E-state index contributed by atoms with van der Waals surface area (Å²) in [6.07, 6.45) is 0. The third kappa shape index (κ3) is 3.23. The van der Waals surface area contributed by atoms with E-state index in [9.17, 15) is 9.18 Å². The second-order valence-electron chi connectivity index (χ2n) is 3.83. The molecule has 0 aromatic heterocycles. The summed E-state index contributed by atoms with van der Waals surface area (Å²) >= 11 is 5.63. The molecular formula is C14H10ClFO3. The van der Waals surface area contributed by atoms with Crippen LogP contribution < -0.4 is 4.74 Å². The number of aromatic carboxylic acids is 1. The Kier molecular flexibility index (Phi) is 4.02. The predicted molar refractivity (Wildman–Crippen MR) is 69.1 cm³/mol. The monoisotopic (exact) mass is 280 g/mol. The summed E-state index contributed by atoms with van der Waals surface area (Å²) < 4.78 is 18.4. The number of ether oxygens (including phenoxy) is 1. The van der Waals surface area contributed by atoms with E-state index in [0.29, 0.717) is 11.3 Å². The highest BCUT2D eigenvalue weighted by Crippen LogP contribution is 2.22. The lowest BCUT2D eigenvalue weighted by molar-refractivity contribution is 0.0694. The Morgan fingerprint density at radius 3 is 2.68 bits per heavy atom. The van der Waals surface area contributed by atoms with Crippen molar-refractivity contribution in [1.29, 1.82) is 0 Å². The van der Waals surface area contributed by atoms with Crippen LogP contribution in [0.3, 0.4) is 0 Å². The third-order valence-corrected chi connectivity index (χ3v) is 2.82. The lowest BCUT2D eigenvalue weighted by atomic mass is 10.1. The summed E-state index contributed by atoms with van der Waals surface area (Å²) in [5, 5.41) is 8.98. The molecule has 0 spiro atoms. The molecule has 0 saturated heterocycles. The van der Waals surface area contributed by atoms with E-state index in [0.717, 1.165) is 0 Å². The standard InChI is InChI=1S/C14H10ClFO3/c15-12-7-10(5-6-13(12)16)19-8-9-3-1-2-4-11(9)14(17)18/h1-7H,8H2,(H,17,18). The molecule has 0 radical (unpaired) electrons. The van der Waals surface area contributed by atoms with Crippen LogP contribution in [0.25, 0.3) is 0 Å². The first-order valence-corrected chi connectivity index (χ1v) is 5.85. The number of carboxylic acid groups (broad SMARTS) is 1. The molecule has 0 aliphatic rings. The zero-order chi connectivity index (χ0) is 13.8. The number of hydrogen-bond donors (Lipinski definition) is 1. The molecule has 2 aromatic rings. The summed E-state index contributed by atoms with van der Waals surface area (Å²) in [4.78, 5) is 11.0. The topological polar surface area (TPSA) is 46.5 Å². The van der Waals surface area contributed by atoms with Gasteiger partial charge in [-0.2, -0.15) is 0 Å². The first-order valence-electron chi connectivity index (χ1n) is 5.47. The van der Waals surface area contributed by atoms with E-state index in [2.05, 4.69) is 0 Å². The van der Waals surface area contributed by atoms with Crippen LogP contribution in [0.5, 0.6) is 5.75 Å². The molecule has 98 valence electrons. The summed E-state index contributed by atoms with van der Waals surface area (Å²) in [5.74, 6) is -1.16. The molecule has 2 aromatic carbocycles. The third-order valence-electron chi connectivity index (χ3n) is 2.53. The van der Waals surface area contributed by atoms with Gasteiger partial charge >= 0.3 is 5.97 Å². The number of benzene rings is 2. The van der Waals surface area contributed by atoms with Crippen LogP contribution in [0.4, 0.5) is 4.39 Å². The van der Waals surface area contributed by atoms with Gasteiger partial charge in [0.15, 0.2) is 0 Å². The molecule has 0 atom stereocenters. The molecule has 0 heterocycles. The first-order chi connectivity index (χ1) is 9.08. The van der Waals surface area contributed by atoms with Crippen molar-refractivity contribution in [3.63, 3.8) is 0 Å². The predicted octanol–water partition coefficient (Wildman–Crippen LogP) is 3.76. The number of carboxylic acids is 1. The molecule has 1 N–H and O–H groups in total. The lowest BCUT2D eigenvalue weighted by Gasteiger charge is -2.09. The van der Waals surface area contributed by atoms with Gasteiger partial charge in [0.05, 0.1) is 10.6 Å². The second-order valence-corrected chi connectivity index (χ2v) is 4.23. The molecule has 5 heteroatoms. The molecule has 0 aliphatic carbocycles. The molecule has 0 fully saturated rings. The summed E-state index contributed by atoms with van der Waals surface area (Å²) in [5.41, 5.74) is 0.714. The van der Waals surface area contributed by atoms with Crippen LogP contribution in [0.1, 0.15) is 15.9 Å². The van der Waals surface area contributed by atoms with Gasteiger partial charge in [-0.1, -0.05) is 29.8 Å². The van der Waals surface area contributed by atoms with Gasteiger partial charge < -0.3 is 9.84 Å². The average molecular weight is 281 g/mol. The SMILES string of the molecule is O=C(O)c1ccccc1COc1ccc(F)c(Cl)c1. The highest BCUT2D eigenvalue weighted by Gasteiger charge is 2.09. The number of carbonyl (C=O) groups is 1. The van der Waals surface area contributed by atoms with Gasteiger partial charge in [-0.15, -0.1) is 0 Å². The zero-order valence-electron chi connectivity index (χ0n) is 9.77. The normalized spacial score (nSPS) is 10.2. The maximum Gasteiger partial charge on any atom is 0.336 e. The van der Waals surface area contributed by atoms with E-state index in [1.165, 1.54) is 24.3 Å². The van der Waals surface area contributed by atoms with Crippen LogP contribution in [-0.2, 0) is 6.61 Å². The minimum absolute atomic E-state index is 0.0379. The fourth-order valence-electron chi connectivity index (χ4n) is 1.58. The van der Waals surface area contributed by atoms with Crippen molar-refractivity contribution in [1.82, 2.24) is 0 Å². The largest absolute Gasteiger partial charge is 0.489 e. The van der Waals surface area contributed by atoms with Gasteiger partial charge in [-0.05, 0) is 18.2 Å². The van der Waals surface area contributed by atoms with Crippen LogP contribution >= 0.6 is 11.6 Å². The number of hydrogen-bond acceptors (Lipinski definition) is 2. The first kappa shape index (κ1) is 13.4. The second kappa shape index (κ2) is 5.71. The van der Waals surface area contributed by atoms with Crippen LogP contribution in [0.2, 0.25) is 5.02 Å². The van der Waals surface area contributed by atoms with Crippen molar-refractivity contribution >= 4 is 17.6 Å². The van der Waals surface area contributed by atoms with Crippen molar-refractivity contribution < 1.29 is 19.0 Å². The molecule has 0 aliphatic heterocycles. The van der Waals surface area contributed by atoms with E-state index < -0.39 is 11.8 Å². The van der Waals surface area contributed by atoms with Crippen molar-refractivity contribution in [2.24, 2.45) is 0 Å². The number of rotatable bonds is 4. The van der Waals surface area contributed by atoms with E-state index in [1.54, 1.807) is 18.2 Å². The fourth-order valence-corrected chi connectivity index (χ4v) is 1.75. The van der Waals surface area contributed by atoms with E-state index >= 15 is 0 Å². The molecule has 0 saturated carbocycles. The van der Waals surface area contributed by atoms with E-state index in [1.807, 2.05) is 0 Å². The zero-order valence-corrected chi connectivity index (χ0v) is 10.5.